The number of piperazine rings is 1. The molecule has 0 saturated carbocycles. The Balaban J connectivity index is 1.48. The van der Waals surface area contributed by atoms with Crippen LogP contribution in [0.2, 0.25) is 5.02 Å². The van der Waals surface area contributed by atoms with Crippen LogP contribution in [0.25, 0.3) is 10.7 Å². The first kappa shape index (κ1) is 23.7. The van der Waals surface area contributed by atoms with Gasteiger partial charge >= 0.3 is 0 Å². The van der Waals surface area contributed by atoms with Crippen molar-refractivity contribution < 1.29 is 0 Å². The number of pyridine rings is 1. The molecule has 1 aliphatic heterocycles. The van der Waals surface area contributed by atoms with Gasteiger partial charge in [0.25, 0.3) is 0 Å². The summed E-state index contributed by atoms with van der Waals surface area (Å²) >= 11 is 7.62. The molecule has 1 unspecified atom stereocenters. The minimum absolute atomic E-state index is 0.316. The second-order valence-electron chi connectivity index (χ2n) is 8.70. The number of thiazole rings is 1. The van der Waals surface area contributed by atoms with Gasteiger partial charge in [0.2, 0.25) is 0 Å². The van der Waals surface area contributed by atoms with Crippen LogP contribution in [0.5, 0.6) is 0 Å². The van der Waals surface area contributed by atoms with Crippen molar-refractivity contribution in [2.45, 2.75) is 25.8 Å². The fourth-order valence-electron chi connectivity index (χ4n) is 4.32. The van der Waals surface area contributed by atoms with Gasteiger partial charge in [0, 0.05) is 56.1 Å². The van der Waals surface area contributed by atoms with E-state index < -0.39 is 0 Å². The Labute approximate surface area is 213 Å². The van der Waals surface area contributed by atoms with Crippen LogP contribution in [0.3, 0.4) is 0 Å². The van der Waals surface area contributed by atoms with Gasteiger partial charge < -0.3 is 10.7 Å². The monoisotopic (exact) mass is 506 g/mol. The molecule has 0 aliphatic carbocycles. The lowest BCUT2D eigenvalue weighted by Crippen LogP contribution is -2.42. The summed E-state index contributed by atoms with van der Waals surface area (Å²) in [7, 11) is 0. The Morgan fingerprint density at radius 3 is 2.66 bits per heavy atom. The number of H-pyrrole nitrogens is 1. The molecule has 0 amide bonds. The van der Waals surface area contributed by atoms with E-state index in [0.29, 0.717) is 23.0 Å². The van der Waals surface area contributed by atoms with E-state index >= 15 is 0 Å². The van der Waals surface area contributed by atoms with E-state index in [1.54, 1.807) is 11.3 Å². The van der Waals surface area contributed by atoms with Crippen LogP contribution in [0.4, 0.5) is 0 Å². The molecule has 5 rings (SSSR count). The molecule has 3 N–H and O–H groups in total. The molecule has 180 valence electrons. The maximum Gasteiger partial charge on any atom is 0.167 e. The van der Waals surface area contributed by atoms with Gasteiger partial charge in [0.05, 0.1) is 22.2 Å². The van der Waals surface area contributed by atoms with Crippen LogP contribution in [-0.4, -0.2) is 61.9 Å². The summed E-state index contributed by atoms with van der Waals surface area (Å²) in [4.78, 5) is 17.4. The zero-order valence-corrected chi connectivity index (χ0v) is 21.0. The first-order chi connectivity index (χ1) is 17.1. The fourth-order valence-corrected chi connectivity index (χ4v) is 5.66. The van der Waals surface area contributed by atoms with E-state index in [1.807, 2.05) is 37.4 Å². The van der Waals surface area contributed by atoms with Crippen molar-refractivity contribution in [1.29, 1.82) is 5.41 Å². The maximum atomic E-state index is 8.61. The maximum absolute atomic E-state index is 8.61. The summed E-state index contributed by atoms with van der Waals surface area (Å²) in [5.74, 6) is 0.364. The Hall–Kier alpha value is -2.98. The van der Waals surface area contributed by atoms with Gasteiger partial charge in [-0.05, 0) is 42.3 Å². The SMILES string of the molecule is CC(=N)C(c1cc(CN2CCNCC2)ccn1)c1nc(Cc2ccc(Cl)cc2)c(-c2ncn[nH]2)s1. The quantitative estimate of drug-likeness (QED) is 0.310. The molecular formula is C25H27ClN8S. The van der Waals surface area contributed by atoms with Gasteiger partial charge in [-0.1, -0.05) is 23.7 Å². The Kier molecular flexibility index (Phi) is 7.29. The molecule has 1 atom stereocenters. The van der Waals surface area contributed by atoms with Crippen molar-refractivity contribution in [3.63, 3.8) is 0 Å². The van der Waals surface area contributed by atoms with Crippen LogP contribution < -0.4 is 5.32 Å². The molecule has 3 aromatic heterocycles. The number of rotatable bonds is 8. The average molecular weight is 507 g/mol. The van der Waals surface area contributed by atoms with E-state index in [0.717, 1.165) is 59.6 Å². The first-order valence-corrected chi connectivity index (χ1v) is 12.8. The predicted molar refractivity (Wildman–Crippen MR) is 139 cm³/mol. The van der Waals surface area contributed by atoms with Crippen molar-refractivity contribution in [2.75, 3.05) is 26.2 Å². The van der Waals surface area contributed by atoms with E-state index in [-0.39, 0.29) is 5.92 Å². The van der Waals surface area contributed by atoms with Crippen LogP contribution in [0.15, 0.2) is 48.9 Å². The summed E-state index contributed by atoms with van der Waals surface area (Å²) < 4.78 is 0. The van der Waals surface area contributed by atoms with Gasteiger partial charge in [-0.25, -0.2) is 9.97 Å². The molecule has 8 nitrogen and oxygen atoms in total. The van der Waals surface area contributed by atoms with Gasteiger partial charge in [-0.3, -0.25) is 15.0 Å². The van der Waals surface area contributed by atoms with E-state index in [4.69, 9.17) is 22.0 Å². The van der Waals surface area contributed by atoms with Crippen molar-refractivity contribution in [2.24, 2.45) is 0 Å². The largest absolute Gasteiger partial charge is 0.314 e. The summed E-state index contributed by atoms with van der Waals surface area (Å²) in [6.45, 7) is 6.80. The van der Waals surface area contributed by atoms with Crippen molar-refractivity contribution in [3.05, 3.63) is 81.5 Å². The minimum atomic E-state index is -0.316. The van der Waals surface area contributed by atoms with E-state index in [2.05, 4.69) is 42.5 Å². The van der Waals surface area contributed by atoms with Crippen LogP contribution in [-0.2, 0) is 13.0 Å². The number of hydrogen-bond acceptors (Lipinski definition) is 8. The van der Waals surface area contributed by atoms with Crippen molar-refractivity contribution in [3.8, 4) is 10.7 Å². The first-order valence-electron chi connectivity index (χ1n) is 11.6. The third kappa shape index (κ3) is 5.65. The highest BCUT2D eigenvalue weighted by atomic mass is 35.5. The second-order valence-corrected chi connectivity index (χ2v) is 10.2. The summed E-state index contributed by atoms with van der Waals surface area (Å²) in [6.07, 6.45) is 3.98. The molecule has 0 bridgehead atoms. The number of aromatic amines is 1. The summed E-state index contributed by atoms with van der Waals surface area (Å²) in [5, 5.41) is 20.5. The number of benzene rings is 1. The van der Waals surface area contributed by atoms with Gasteiger partial charge in [0.1, 0.15) is 11.3 Å². The molecule has 1 aromatic carbocycles. The summed E-state index contributed by atoms with van der Waals surface area (Å²) in [5.41, 5.74) is 4.56. The third-order valence-corrected chi connectivity index (χ3v) is 7.49. The van der Waals surface area contributed by atoms with Crippen LogP contribution in [0, 0.1) is 5.41 Å². The van der Waals surface area contributed by atoms with E-state index in [1.165, 1.54) is 11.9 Å². The molecule has 1 aliphatic rings. The van der Waals surface area contributed by atoms with Gasteiger partial charge in [0.15, 0.2) is 5.82 Å². The van der Waals surface area contributed by atoms with Crippen LogP contribution >= 0.6 is 22.9 Å². The molecule has 0 radical (unpaired) electrons. The number of hydrogen-bond donors (Lipinski definition) is 3. The fraction of sp³-hybridized carbons (Fsp3) is 0.320. The van der Waals surface area contributed by atoms with Gasteiger partial charge in [-0.15, -0.1) is 11.3 Å². The number of halogens is 1. The number of nitrogens with zero attached hydrogens (tertiary/aromatic N) is 5. The van der Waals surface area contributed by atoms with Crippen molar-refractivity contribution in [1.82, 2.24) is 35.4 Å². The molecule has 1 saturated heterocycles. The second kappa shape index (κ2) is 10.7. The predicted octanol–water partition coefficient (Wildman–Crippen LogP) is 4.14. The topological polar surface area (TPSA) is 106 Å². The average Bonchev–Trinajstić information content (AvgIpc) is 3.52. The Bertz CT molecular complexity index is 1280. The Morgan fingerprint density at radius 1 is 1.14 bits per heavy atom. The molecule has 4 heterocycles. The molecule has 35 heavy (non-hydrogen) atoms. The molecule has 1 fully saturated rings. The van der Waals surface area contributed by atoms with Gasteiger partial charge in [-0.2, -0.15) is 5.10 Å². The van der Waals surface area contributed by atoms with E-state index in [9.17, 15) is 0 Å². The molecule has 4 aromatic rings. The highest BCUT2D eigenvalue weighted by Gasteiger charge is 2.26. The third-order valence-electron chi connectivity index (χ3n) is 6.07. The number of aromatic nitrogens is 5. The summed E-state index contributed by atoms with van der Waals surface area (Å²) in [6, 6.07) is 12.0. The smallest absolute Gasteiger partial charge is 0.167 e. The standard InChI is InChI=1S/C25H27ClN8S/c1-16(27)22(20-13-18(6-7-29-20)14-34-10-8-28-9-11-34)25-32-21(12-17-2-4-19(26)5-3-17)23(35-25)24-30-15-31-33-24/h2-7,13,15,22,27-28H,8-12,14H2,1H3,(H,30,31,33). The zero-order chi connectivity index (χ0) is 24.2. The van der Waals surface area contributed by atoms with Crippen molar-refractivity contribution >= 4 is 28.6 Å². The number of nitrogens with one attached hydrogen (secondary N) is 3. The molecule has 0 spiro atoms. The zero-order valence-electron chi connectivity index (χ0n) is 19.5. The Morgan fingerprint density at radius 2 is 1.94 bits per heavy atom. The molecule has 10 heteroatoms. The molecular weight excluding hydrogens is 480 g/mol. The highest BCUT2D eigenvalue weighted by molar-refractivity contribution is 7.15. The minimum Gasteiger partial charge on any atom is -0.314 e. The lowest BCUT2D eigenvalue weighted by Gasteiger charge is -2.27. The van der Waals surface area contributed by atoms with Crippen LogP contribution in [0.1, 0.15) is 40.4 Å². The normalized spacial score (nSPS) is 15.3. The lowest BCUT2D eigenvalue weighted by molar-refractivity contribution is 0.233. The lowest BCUT2D eigenvalue weighted by atomic mass is 9.99. The highest BCUT2D eigenvalue weighted by Crippen LogP contribution is 2.36.